The van der Waals surface area contributed by atoms with Gasteiger partial charge in [0.2, 0.25) is 0 Å². The smallest absolute Gasteiger partial charge is 0.307 e. The summed E-state index contributed by atoms with van der Waals surface area (Å²) in [6.07, 6.45) is 2.68. The van der Waals surface area contributed by atoms with Crippen molar-refractivity contribution in [1.82, 2.24) is 15.5 Å². The molecule has 26 heavy (non-hydrogen) atoms. The maximum absolute atomic E-state index is 11.6. The highest BCUT2D eigenvalue weighted by molar-refractivity contribution is 5.80. The lowest BCUT2D eigenvalue weighted by Crippen LogP contribution is -2.45. The van der Waals surface area contributed by atoms with E-state index in [0.717, 1.165) is 25.6 Å². The Labute approximate surface area is 157 Å². The highest BCUT2D eigenvalue weighted by Gasteiger charge is 2.24. The van der Waals surface area contributed by atoms with Crippen molar-refractivity contribution in [3.8, 4) is 0 Å². The third-order valence-corrected chi connectivity index (χ3v) is 4.45. The normalized spacial score (nSPS) is 18.2. The van der Waals surface area contributed by atoms with E-state index >= 15 is 0 Å². The standard InChI is InChI=1S/C20H32N4O2/c1-16(2)26-19(25)11-12-22-20(21-3)23-14-18-10-7-13-24(18)15-17-8-5-4-6-9-17/h4-6,8-9,16,18H,7,10-15H2,1-3H3,(H2,21,22,23). The van der Waals surface area contributed by atoms with Gasteiger partial charge in [-0.05, 0) is 38.8 Å². The van der Waals surface area contributed by atoms with Crippen LogP contribution in [-0.4, -0.2) is 55.7 Å². The van der Waals surface area contributed by atoms with E-state index in [4.69, 9.17) is 4.74 Å². The number of nitrogens with zero attached hydrogens (tertiary/aromatic N) is 2. The minimum atomic E-state index is -0.187. The summed E-state index contributed by atoms with van der Waals surface area (Å²) in [5.74, 6) is 0.543. The molecule has 1 atom stereocenters. The van der Waals surface area contributed by atoms with Crippen LogP contribution in [0.1, 0.15) is 38.7 Å². The van der Waals surface area contributed by atoms with Crippen LogP contribution in [-0.2, 0) is 16.1 Å². The van der Waals surface area contributed by atoms with Crippen molar-refractivity contribution in [3.63, 3.8) is 0 Å². The number of benzene rings is 1. The molecule has 6 nitrogen and oxygen atoms in total. The minimum absolute atomic E-state index is 0.0714. The van der Waals surface area contributed by atoms with Gasteiger partial charge in [-0.25, -0.2) is 0 Å². The molecule has 1 aliphatic heterocycles. The molecule has 0 saturated carbocycles. The third-order valence-electron chi connectivity index (χ3n) is 4.45. The van der Waals surface area contributed by atoms with Gasteiger partial charge in [0, 0.05) is 32.7 Å². The van der Waals surface area contributed by atoms with E-state index in [-0.39, 0.29) is 12.1 Å². The van der Waals surface area contributed by atoms with Crippen LogP contribution in [0.3, 0.4) is 0 Å². The molecule has 0 bridgehead atoms. The number of carbonyl (C=O) groups is 1. The first-order valence-electron chi connectivity index (χ1n) is 9.50. The monoisotopic (exact) mass is 360 g/mol. The van der Waals surface area contributed by atoms with E-state index in [1.807, 2.05) is 13.8 Å². The van der Waals surface area contributed by atoms with Crippen molar-refractivity contribution in [2.75, 3.05) is 26.7 Å². The Morgan fingerprint density at radius 2 is 2.08 bits per heavy atom. The average molecular weight is 361 g/mol. The summed E-state index contributed by atoms with van der Waals surface area (Å²) in [7, 11) is 1.75. The fourth-order valence-electron chi connectivity index (χ4n) is 3.19. The lowest BCUT2D eigenvalue weighted by molar-refractivity contribution is -0.147. The Bertz CT molecular complexity index is 574. The molecule has 1 unspecified atom stereocenters. The van der Waals surface area contributed by atoms with E-state index in [1.165, 1.54) is 18.4 Å². The van der Waals surface area contributed by atoms with Crippen molar-refractivity contribution < 1.29 is 9.53 Å². The molecule has 2 rings (SSSR count). The van der Waals surface area contributed by atoms with Gasteiger partial charge in [-0.15, -0.1) is 0 Å². The van der Waals surface area contributed by atoms with Gasteiger partial charge in [-0.1, -0.05) is 30.3 Å². The largest absolute Gasteiger partial charge is 0.463 e. The van der Waals surface area contributed by atoms with Gasteiger partial charge < -0.3 is 15.4 Å². The Hall–Kier alpha value is -2.08. The van der Waals surface area contributed by atoms with E-state index in [1.54, 1.807) is 7.05 Å². The zero-order valence-electron chi connectivity index (χ0n) is 16.2. The first-order valence-corrected chi connectivity index (χ1v) is 9.50. The molecular formula is C20H32N4O2. The summed E-state index contributed by atoms with van der Waals surface area (Å²) in [5.41, 5.74) is 1.35. The molecule has 0 spiro atoms. The van der Waals surface area contributed by atoms with Crippen LogP contribution in [0.5, 0.6) is 0 Å². The second-order valence-electron chi connectivity index (χ2n) is 6.92. The van der Waals surface area contributed by atoms with Crippen LogP contribution in [0.2, 0.25) is 0 Å². The van der Waals surface area contributed by atoms with Crippen LogP contribution >= 0.6 is 0 Å². The number of hydrogen-bond donors (Lipinski definition) is 2. The number of hydrogen-bond acceptors (Lipinski definition) is 4. The summed E-state index contributed by atoms with van der Waals surface area (Å²) in [6, 6.07) is 11.1. The highest BCUT2D eigenvalue weighted by Crippen LogP contribution is 2.19. The lowest BCUT2D eigenvalue weighted by atomic mass is 10.2. The highest BCUT2D eigenvalue weighted by atomic mass is 16.5. The molecule has 0 aromatic heterocycles. The molecular weight excluding hydrogens is 328 g/mol. The summed E-state index contributed by atoms with van der Waals surface area (Å²) in [5, 5.41) is 6.57. The van der Waals surface area contributed by atoms with E-state index < -0.39 is 0 Å². The zero-order valence-corrected chi connectivity index (χ0v) is 16.2. The molecule has 2 N–H and O–H groups in total. The second-order valence-corrected chi connectivity index (χ2v) is 6.92. The Morgan fingerprint density at radius 3 is 2.77 bits per heavy atom. The number of guanidine groups is 1. The van der Waals surface area contributed by atoms with Crippen molar-refractivity contribution in [1.29, 1.82) is 0 Å². The molecule has 1 heterocycles. The number of rotatable bonds is 8. The molecule has 0 aliphatic carbocycles. The lowest BCUT2D eigenvalue weighted by Gasteiger charge is -2.25. The van der Waals surface area contributed by atoms with Crippen LogP contribution < -0.4 is 10.6 Å². The SMILES string of the molecule is CN=C(NCCC(=O)OC(C)C)NCC1CCCN1Cc1ccccc1. The summed E-state index contributed by atoms with van der Waals surface area (Å²) >= 11 is 0. The van der Waals surface area contributed by atoms with Gasteiger partial charge in [-0.2, -0.15) is 0 Å². The number of likely N-dealkylation sites (tertiary alicyclic amines) is 1. The number of ether oxygens (including phenoxy) is 1. The Kier molecular flexibility index (Phi) is 8.41. The van der Waals surface area contributed by atoms with Crippen LogP contribution in [0, 0.1) is 0 Å². The predicted molar refractivity (Wildman–Crippen MR) is 105 cm³/mol. The van der Waals surface area contributed by atoms with Crippen molar-refractivity contribution in [3.05, 3.63) is 35.9 Å². The average Bonchev–Trinajstić information content (AvgIpc) is 3.05. The van der Waals surface area contributed by atoms with Crippen molar-refractivity contribution in [2.45, 2.75) is 51.8 Å². The number of aliphatic imine (C=N–C) groups is 1. The first-order chi connectivity index (χ1) is 12.6. The first kappa shape index (κ1) is 20.2. The molecule has 1 saturated heterocycles. The zero-order chi connectivity index (χ0) is 18.8. The number of esters is 1. The Balaban J connectivity index is 1.72. The van der Waals surface area contributed by atoms with Gasteiger partial charge >= 0.3 is 5.97 Å². The maximum Gasteiger partial charge on any atom is 0.307 e. The fourth-order valence-corrected chi connectivity index (χ4v) is 3.19. The topological polar surface area (TPSA) is 66.0 Å². The molecule has 0 radical (unpaired) electrons. The summed E-state index contributed by atoms with van der Waals surface area (Å²) < 4.78 is 5.13. The molecule has 1 fully saturated rings. The van der Waals surface area contributed by atoms with Crippen LogP contribution in [0.15, 0.2) is 35.3 Å². The Morgan fingerprint density at radius 1 is 1.31 bits per heavy atom. The molecule has 6 heteroatoms. The van der Waals surface area contributed by atoms with E-state index in [9.17, 15) is 4.79 Å². The molecule has 1 aliphatic rings. The molecule has 1 aromatic carbocycles. The summed E-state index contributed by atoms with van der Waals surface area (Å²) in [4.78, 5) is 18.3. The van der Waals surface area contributed by atoms with Gasteiger partial charge in [-0.3, -0.25) is 14.7 Å². The van der Waals surface area contributed by atoms with Crippen LogP contribution in [0.25, 0.3) is 0 Å². The van der Waals surface area contributed by atoms with Gasteiger partial charge in [0.1, 0.15) is 0 Å². The maximum atomic E-state index is 11.6. The molecule has 0 amide bonds. The molecule has 144 valence electrons. The second kappa shape index (κ2) is 10.8. The van der Waals surface area contributed by atoms with Crippen molar-refractivity contribution in [2.24, 2.45) is 4.99 Å². The summed E-state index contributed by atoms with van der Waals surface area (Å²) in [6.45, 7) is 7.20. The predicted octanol–water partition coefficient (Wildman–Crippen LogP) is 2.16. The van der Waals surface area contributed by atoms with Gasteiger partial charge in [0.15, 0.2) is 5.96 Å². The van der Waals surface area contributed by atoms with Crippen LogP contribution in [0.4, 0.5) is 0 Å². The van der Waals surface area contributed by atoms with E-state index in [0.29, 0.717) is 19.0 Å². The molecule has 1 aromatic rings. The third kappa shape index (κ3) is 7.04. The number of carbonyl (C=O) groups excluding carboxylic acids is 1. The number of nitrogens with one attached hydrogen (secondary N) is 2. The van der Waals surface area contributed by atoms with Crippen molar-refractivity contribution >= 4 is 11.9 Å². The quantitative estimate of drug-likeness (QED) is 0.422. The fraction of sp³-hybridized carbons (Fsp3) is 0.600. The van der Waals surface area contributed by atoms with E-state index in [2.05, 4.69) is 50.9 Å². The minimum Gasteiger partial charge on any atom is -0.463 e. The van der Waals surface area contributed by atoms with Gasteiger partial charge in [0.05, 0.1) is 12.5 Å². The van der Waals surface area contributed by atoms with Gasteiger partial charge in [0.25, 0.3) is 0 Å².